The van der Waals surface area contributed by atoms with Gasteiger partial charge in [0.1, 0.15) is 5.82 Å². The predicted octanol–water partition coefficient (Wildman–Crippen LogP) is 6.51. The fourth-order valence-electron chi connectivity index (χ4n) is 3.25. The second kappa shape index (κ2) is 11.2. The van der Waals surface area contributed by atoms with Crippen LogP contribution in [0.1, 0.15) is 5.56 Å². The number of amides is 3. The van der Waals surface area contributed by atoms with Gasteiger partial charge >= 0.3 is 0 Å². The Labute approximate surface area is 223 Å². The Morgan fingerprint density at radius 2 is 1.89 bits per heavy atom. The van der Waals surface area contributed by atoms with Gasteiger partial charge in [0, 0.05) is 15.2 Å². The molecule has 1 aliphatic rings. The van der Waals surface area contributed by atoms with Gasteiger partial charge in [-0.1, -0.05) is 33.6 Å². The molecule has 1 heterocycles. The smallest absolute Gasteiger partial charge is 0.298 e. The molecule has 0 aliphatic carbocycles. The van der Waals surface area contributed by atoms with Crippen molar-refractivity contribution in [2.45, 2.75) is 0 Å². The van der Waals surface area contributed by atoms with Crippen molar-refractivity contribution < 1.29 is 28.2 Å². The second-order valence-corrected chi connectivity index (χ2v) is 9.65. The molecule has 4 rings (SSSR count). The molecule has 0 radical (unpaired) electrons. The van der Waals surface area contributed by atoms with E-state index in [0.29, 0.717) is 32.2 Å². The number of nitrogens with zero attached hydrogens (tertiary/aromatic N) is 1. The zero-order valence-electron chi connectivity index (χ0n) is 18.6. The summed E-state index contributed by atoms with van der Waals surface area (Å²) in [5.41, 5.74) is 1.37. The van der Waals surface area contributed by atoms with Gasteiger partial charge in [0.25, 0.3) is 17.1 Å². The molecule has 3 aromatic rings. The highest BCUT2D eigenvalue weighted by molar-refractivity contribution is 9.10. The number of hydrogen-bond acceptors (Lipinski definition) is 6. The van der Waals surface area contributed by atoms with Crippen LogP contribution in [0.15, 0.2) is 70.0 Å². The van der Waals surface area contributed by atoms with Gasteiger partial charge in [-0.2, -0.15) is 0 Å². The summed E-state index contributed by atoms with van der Waals surface area (Å²) in [6.07, 6.45) is 1.56. The lowest BCUT2D eigenvalue weighted by Gasteiger charge is -2.13. The van der Waals surface area contributed by atoms with E-state index in [0.717, 1.165) is 16.7 Å². The molecular weight excluding hydrogens is 575 g/mol. The van der Waals surface area contributed by atoms with Crippen LogP contribution in [0.5, 0.6) is 11.5 Å². The van der Waals surface area contributed by atoms with Gasteiger partial charge in [0.15, 0.2) is 18.1 Å². The largest absolute Gasteiger partial charge is 0.493 e. The lowest BCUT2D eigenvalue weighted by molar-refractivity contribution is -0.118. The zero-order chi connectivity index (χ0) is 25.8. The number of nitrogens with one attached hydrogen (secondary N) is 1. The first kappa shape index (κ1) is 25.7. The molecule has 0 aromatic heterocycles. The minimum Gasteiger partial charge on any atom is -0.493 e. The highest BCUT2D eigenvalue weighted by Crippen LogP contribution is 2.39. The molecule has 1 saturated heterocycles. The van der Waals surface area contributed by atoms with E-state index in [1.54, 1.807) is 36.4 Å². The normalized spacial score (nSPS) is 14.3. The van der Waals surface area contributed by atoms with Crippen LogP contribution >= 0.6 is 39.3 Å². The molecule has 36 heavy (non-hydrogen) atoms. The van der Waals surface area contributed by atoms with Crippen LogP contribution < -0.4 is 19.7 Å². The zero-order valence-corrected chi connectivity index (χ0v) is 21.7. The lowest BCUT2D eigenvalue weighted by Crippen LogP contribution is -2.27. The molecule has 0 saturated carbocycles. The van der Waals surface area contributed by atoms with Crippen LogP contribution in [-0.4, -0.2) is 30.8 Å². The molecular formula is C25H17BrClFN2O5S. The Hall–Kier alpha value is -3.34. The molecule has 0 atom stereocenters. The molecule has 1 aliphatic heterocycles. The molecule has 0 spiro atoms. The number of hydrogen-bond donors (Lipinski definition) is 1. The molecule has 0 unspecified atom stereocenters. The Bertz CT molecular complexity index is 1380. The van der Waals surface area contributed by atoms with Crippen molar-refractivity contribution in [3.05, 3.63) is 86.4 Å². The summed E-state index contributed by atoms with van der Waals surface area (Å²) in [6, 6.07) is 15.0. The van der Waals surface area contributed by atoms with Crippen LogP contribution in [0.2, 0.25) is 5.02 Å². The summed E-state index contributed by atoms with van der Waals surface area (Å²) < 4.78 is 24.6. The van der Waals surface area contributed by atoms with Crippen molar-refractivity contribution in [1.82, 2.24) is 0 Å². The van der Waals surface area contributed by atoms with Crippen LogP contribution in [-0.2, 0) is 9.59 Å². The van der Waals surface area contributed by atoms with E-state index >= 15 is 0 Å². The SMILES string of the molecule is COc1cc(/C=C2/SC(=O)N(c3cccc(Cl)c3)C2=O)c(Br)cc1OCC(=O)Nc1ccc(F)cc1. The van der Waals surface area contributed by atoms with E-state index in [1.807, 2.05) is 0 Å². The van der Waals surface area contributed by atoms with Crippen molar-refractivity contribution in [3.63, 3.8) is 0 Å². The fraction of sp³-hybridized carbons (Fsp3) is 0.0800. The van der Waals surface area contributed by atoms with Gasteiger partial charge in [-0.15, -0.1) is 0 Å². The maximum absolute atomic E-state index is 13.0. The third-order valence-electron chi connectivity index (χ3n) is 4.92. The third kappa shape index (κ3) is 5.89. The Morgan fingerprint density at radius 1 is 1.14 bits per heavy atom. The number of ether oxygens (including phenoxy) is 2. The molecule has 1 fully saturated rings. The lowest BCUT2D eigenvalue weighted by atomic mass is 10.1. The number of carbonyl (C=O) groups excluding carboxylic acids is 3. The number of benzene rings is 3. The number of anilines is 2. The molecule has 184 valence electrons. The van der Waals surface area contributed by atoms with Crippen LogP contribution in [0.25, 0.3) is 6.08 Å². The highest BCUT2D eigenvalue weighted by atomic mass is 79.9. The van der Waals surface area contributed by atoms with Crippen LogP contribution in [0, 0.1) is 5.82 Å². The average molecular weight is 592 g/mol. The molecule has 3 aromatic carbocycles. The van der Waals surface area contributed by atoms with Crippen molar-refractivity contribution in [1.29, 1.82) is 0 Å². The van der Waals surface area contributed by atoms with Crippen molar-refractivity contribution >= 4 is 73.8 Å². The summed E-state index contributed by atoms with van der Waals surface area (Å²) in [6.45, 7) is -0.321. The molecule has 7 nitrogen and oxygen atoms in total. The second-order valence-electron chi connectivity index (χ2n) is 7.37. The summed E-state index contributed by atoms with van der Waals surface area (Å²) in [5, 5.41) is 2.57. The van der Waals surface area contributed by atoms with Gasteiger partial charge in [0.2, 0.25) is 0 Å². The van der Waals surface area contributed by atoms with E-state index in [9.17, 15) is 18.8 Å². The standard InChI is InChI=1S/C25H17BrClFN2O5S/c1-34-20-9-14(10-22-24(32)30(25(33)36-22)18-4-2-3-15(27)11-18)19(26)12-21(20)35-13-23(31)29-17-7-5-16(28)6-8-17/h2-12H,13H2,1H3,(H,29,31)/b22-10+. The van der Waals surface area contributed by atoms with E-state index < -0.39 is 22.9 Å². The van der Waals surface area contributed by atoms with Crippen molar-refractivity contribution in [3.8, 4) is 11.5 Å². The molecule has 1 N–H and O–H groups in total. The van der Waals surface area contributed by atoms with E-state index in [2.05, 4.69) is 21.2 Å². The fourth-order valence-corrected chi connectivity index (χ4v) is 4.71. The van der Waals surface area contributed by atoms with Gasteiger partial charge in [-0.25, -0.2) is 9.29 Å². The summed E-state index contributed by atoms with van der Waals surface area (Å²) in [5.74, 6) is -0.737. The minimum absolute atomic E-state index is 0.218. The maximum Gasteiger partial charge on any atom is 0.298 e. The Kier molecular flexibility index (Phi) is 7.97. The Balaban J connectivity index is 1.50. The van der Waals surface area contributed by atoms with E-state index in [1.165, 1.54) is 37.4 Å². The number of methoxy groups -OCH3 is 1. The van der Waals surface area contributed by atoms with Gasteiger partial charge in [-0.05, 0) is 78.0 Å². The molecule has 3 amide bonds. The first-order valence-corrected chi connectivity index (χ1v) is 12.3. The first-order chi connectivity index (χ1) is 17.2. The van der Waals surface area contributed by atoms with E-state index in [-0.39, 0.29) is 17.3 Å². The van der Waals surface area contributed by atoms with Gasteiger partial charge in [0.05, 0.1) is 17.7 Å². The average Bonchev–Trinajstić information content (AvgIpc) is 3.13. The summed E-state index contributed by atoms with van der Waals surface area (Å²) in [7, 11) is 1.44. The topological polar surface area (TPSA) is 84.9 Å². The number of halogens is 3. The summed E-state index contributed by atoms with van der Waals surface area (Å²) >= 11 is 10.2. The van der Waals surface area contributed by atoms with E-state index in [4.69, 9.17) is 21.1 Å². The number of imide groups is 1. The Morgan fingerprint density at radius 3 is 2.58 bits per heavy atom. The number of rotatable bonds is 7. The number of thioether (sulfide) groups is 1. The quantitative estimate of drug-likeness (QED) is 0.316. The molecule has 0 bridgehead atoms. The minimum atomic E-state index is -0.476. The predicted molar refractivity (Wildman–Crippen MR) is 141 cm³/mol. The van der Waals surface area contributed by atoms with Crippen molar-refractivity contribution in [2.24, 2.45) is 0 Å². The number of carbonyl (C=O) groups is 3. The maximum atomic E-state index is 13.0. The van der Waals surface area contributed by atoms with Crippen LogP contribution in [0.4, 0.5) is 20.6 Å². The van der Waals surface area contributed by atoms with Crippen LogP contribution in [0.3, 0.4) is 0 Å². The third-order valence-corrected chi connectivity index (χ3v) is 6.71. The van der Waals surface area contributed by atoms with Gasteiger partial charge < -0.3 is 14.8 Å². The highest BCUT2D eigenvalue weighted by Gasteiger charge is 2.36. The molecule has 11 heteroatoms. The first-order valence-electron chi connectivity index (χ1n) is 10.3. The van der Waals surface area contributed by atoms with Crippen molar-refractivity contribution in [2.75, 3.05) is 23.9 Å². The summed E-state index contributed by atoms with van der Waals surface area (Å²) in [4.78, 5) is 39.0. The van der Waals surface area contributed by atoms with Gasteiger partial charge in [-0.3, -0.25) is 14.4 Å². The monoisotopic (exact) mass is 590 g/mol.